The van der Waals surface area contributed by atoms with Crippen molar-refractivity contribution in [2.75, 3.05) is 9.80 Å². The van der Waals surface area contributed by atoms with Crippen molar-refractivity contribution in [1.29, 1.82) is 0 Å². The molecule has 0 spiro atoms. The number of nitrogens with zero attached hydrogens (tertiary/aromatic N) is 3. The van der Waals surface area contributed by atoms with Crippen molar-refractivity contribution in [2.24, 2.45) is 0 Å². The van der Waals surface area contributed by atoms with Crippen molar-refractivity contribution < 1.29 is 0 Å². The Morgan fingerprint density at radius 1 is 0.590 bits per heavy atom. The van der Waals surface area contributed by atoms with Gasteiger partial charge in [-0.15, -0.1) is 0 Å². The van der Waals surface area contributed by atoms with Gasteiger partial charge in [-0.2, -0.15) is 0 Å². The van der Waals surface area contributed by atoms with E-state index >= 15 is 0 Å². The number of fused-ring (bicyclic) bond motifs is 12. The first-order valence-electron chi connectivity index (χ1n) is 22.9. The number of benzene rings is 6. The van der Waals surface area contributed by atoms with Gasteiger partial charge in [-0.1, -0.05) is 154 Å². The molecule has 0 saturated heterocycles. The maximum absolute atomic E-state index is 2.91. The molecule has 0 bridgehead atoms. The van der Waals surface area contributed by atoms with Gasteiger partial charge < -0.3 is 14.4 Å². The summed E-state index contributed by atoms with van der Waals surface area (Å²) in [4.78, 5) is 5.41. The summed E-state index contributed by atoms with van der Waals surface area (Å²) in [5, 5.41) is 1.41. The first-order valence-corrected chi connectivity index (χ1v) is 22.9. The number of rotatable bonds is 3. The molecule has 2 atom stereocenters. The molecule has 1 aromatic heterocycles. The zero-order chi connectivity index (χ0) is 42.2. The Kier molecular flexibility index (Phi) is 7.28. The molecule has 61 heavy (non-hydrogen) atoms. The molecule has 7 aromatic rings. The molecule has 3 aliphatic heterocycles. The fraction of sp³-hybridized carbons (Fsp3) is 0.333. The standard InChI is InChI=1S/C57H58BN3/c1-53(2,3)35-29-41-48-51(40-25-17-18-26-42(40)55(48,7)8)60-46-33-39(59(37-21-13-11-14-22-37)38-23-15-12-16-24-38)34-47-49(46)58(44(31-35)50(41)60)45-32-36(54(4,5)6)30-43-52(45)61(47)57(10)28-20-19-27-56(43,57)9/h11-18,21-26,29-34H,19-20,27-28H2,1-10H3. The van der Waals surface area contributed by atoms with E-state index in [1.54, 1.807) is 5.56 Å². The van der Waals surface area contributed by atoms with Gasteiger partial charge in [0.25, 0.3) is 6.71 Å². The molecule has 0 N–H and O–H groups in total. The highest BCUT2D eigenvalue weighted by Crippen LogP contribution is 2.63. The molecule has 1 fully saturated rings. The van der Waals surface area contributed by atoms with Crippen LogP contribution in [0.4, 0.5) is 28.4 Å². The Morgan fingerprint density at radius 2 is 1.18 bits per heavy atom. The fourth-order valence-electron chi connectivity index (χ4n) is 13.0. The van der Waals surface area contributed by atoms with Crippen LogP contribution >= 0.6 is 0 Å². The van der Waals surface area contributed by atoms with Crippen molar-refractivity contribution in [3.63, 3.8) is 0 Å². The Morgan fingerprint density at radius 3 is 1.85 bits per heavy atom. The molecule has 4 heteroatoms. The number of para-hydroxylation sites is 2. The molecule has 2 aliphatic carbocycles. The molecule has 12 rings (SSSR count). The molecular weight excluding hydrogens is 737 g/mol. The zero-order valence-corrected chi connectivity index (χ0v) is 37.8. The highest BCUT2D eigenvalue weighted by Gasteiger charge is 2.62. The van der Waals surface area contributed by atoms with Gasteiger partial charge in [0.2, 0.25) is 0 Å². The van der Waals surface area contributed by atoms with Crippen molar-refractivity contribution in [2.45, 2.75) is 122 Å². The summed E-state index contributed by atoms with van der Waals surface area (Å²) in [6.45, 7) is 24.7. The topological polar surface area (TPSA) is 11.4 Å². The third kappa shape index (κ3) is 4.67. The van der Waals surface area contributed by atoms with E-state index in [1.165, 1.54) is 121 Å². The summed E-state index contributed by atoms with van der Waals surface area (Å²) >= 11 is 0. The number of anilines is 5. The zero-order valence-electron chi connectivity index (χ0n) is 37.8. The van der Waals surface area contributed by atoms with E-state index in [0.717, 1.165) is 0 Å². The molecule has 304 valence electrons. The maximum Gasteiger partial charge on any atom is 0.252 e. The molecular formula is C57H58BN3. The predicted octanol–water partition coefficient (Wildman–Crippen LogP) is 12.9. The van der Waals surface area contributed by atoms with Crippen LogP contribution in [0.5, 0.6) is 0 Å². The maximum atomic E-state index is 2.91. The second-order valence-corrected chi connectivity index (χ2v) is 22.1. The monoisotopic (exact) mass is 795 g/mol. The van der Waals surface area contributed by atoms with E-state index in [1.807, 2.05) is 0 Å². The van der Waals surface area contributed by atoms with Crippen LogP contribution in [0.3, 0.4) is 0 Å². The first kappa shape index (κ1) is 37.3. The first-order chi connectivity index (χ1) is 29.0. The van der Waals surface area contributed by atoms with E-state index < -0.39 is 0 Å². The Hall–Kier alpha value is -5.48. The highest BCUT2D eigenvalue weighted by molar-refractivity contribution is 7.00. The van der Waals surface area contributed by atoms with Gasteiger partial charge >= 0.3 is 0 Å². The molecule has 2 unspecified atom stereocenters. The highest BCUT2D eigenvalue weighted by atomic mass is 15.3. The minimum Gasteiger partial charge on any atom is -0.335 e. The molecule has 5 aliphatic rings. The number of hydrogen-bond donors (Lipinski definition) is 0. The van der Waals surface area contributed by atoms with Crippen LogP contribution in [-0.2, 0) is 21.7 Å². The van der Waals surface area contributed by atoms with Gasteiger partial charge in [-0.05, 0) is 117 Å². The van der Waals surface area contributed by atoms with Crippen LogP contribution in [0, 0.1) is 0 Å². The second kappa shape index (κ2) is 11.9. The SMILES string of the molecule is CC(C)(C)c1cc2c3c(c1)C1(C)CCCCC1(C)N3c1cc(N(c3ccccc3)c3ccccc3)cc3c1B2c1cc(C(C)(C)C)cc2c4c(n-3c12)-c1ccccc1C4(C)C. The lowest BCUT2D eigenvalue weighted by molar-refractivity contribution is 0.195. The fourth-order valence-corrected chi connectivity index (χ4v) is 13.0. The summed E-state index contributed by atoms with van der Waals surface area (Å²) in [6, 6.07) is 47.0. The van der Waals surface area contributed by atoms with E-state index in [0.29, 0.717) is 0 Å². The predicted molar refractivity (Wildman–Crippen MR) is 260 cm³/mol. The Balaban J connectivity index is 1.30. The van der Waals surface area contributed by atoms with E-state index in [2.05, 4.69) is 205 Å². The lowest BCUT2D eigenvalue weighted by Gasteiger charge is -2.52. The van der Waals surface area contributed by atoms with Crippen molar-refractivity contribution in [3.05, 3.63) is 149 Å². The average molecular weight is 796 g/mol. The van der Waals surface area contributed by atoms with Gasteiger partial charge in [0, 0.05) is 55.7 Å². The van der Waals surface area contributed by atoms with E-state index in [9.17, 15) is 0 Å². The quantitative estimate of drug-likeness (QED) is 0.165. The minimum absolute atomic E-state index is 0.00554. The summed E-state index contributed by atoms with van der Waals surface area (Å²) in [5.41, 5.74) is 23.4. The molecule has 3 nitrogen and oxygen atoms in total. The third-order valence-corrected chi connectivity index (χ3v) is 16.3. The molecule has 6 aromatic carbocycles. The summed E-state index contributed by atoms with van der Waals surface area (Å²) in [5.74, 6) is 0. The molecule has 4 heterocycles. The van der Waals surface area contributed by atoms with Crippen LogP contribution in [-0.4, -0.2) is 16.8 Å². The van der Waals surface area contributed by atoms with Crippen LogP contribution in [0.15, 0.2) is 121 Å². The van der Waals surface area contributed by atoms with Gasteiger partial charge in [0.15, 0.2) is 0 Å². The summed E-state index contributed by atoms with van der Waals surface area (Å²) in [7, 11) is 0. The smallest absolute Gasteiger partial charge is 0.252 e. The lowest BCUT2D eigenvalue weighted by Crippen LogP contribution is -2.64. The van der Waals surface area contributed by atoms with Crippen molar-refractivity contribution >= 4 is 62.4 Å². The van der Waals surface area contributed by atoms with Gasteiger partial charge in [-0.25, -0.2) is 0 Å². The number of hydrogen-bond acceptors (Lipinski definition) is 2. The van der Waals surface area contributed by atoms with Crippen LogP contribution in [0.1, 0.15) is 123 Å². The minimum atomic E-state index is -0.163. The normalized spacial score (nSPS) is 21.2. The summed E-state index contributed by atoms with van der Waals surface area (Å²) in [6.07, 6.45) is 4.89. The second-order valence-electron chi connectivity index (χ2n) is 22.1. The Bertz CT molecular complexity index is 2970. The van der Waals surface area contributed by atoms with Crippen molar-refractivity contribution in [1.82, 2.24) is 4.57 Å². The largest absolute Gasteiger partial charge is 0.335 e. The van der Waals surface area contributed by atoms with E-state index in [4.69, 9.17) is 0 Å². The van der Waals surface area contributed by atoms with Crippen molar-refractivity contribution in [3.8, 4) is 16.9 Å². The lowest BCUT2D eigenvalue weighted by atomic mass is 9.33. The van der Waals surface area contributed by atoms with Crippen LogP contribution in [0.2, 0.25) is 0 Å². The molecule has 0 amide bonds. The number of aromatic nitrogens is 1. The van der Waals surface area contributed by atoms with Gasteiger partial charge in [0.05, 0.1) is 16.9 Å². The molecule has 0 radical (unpaired) electrons. The van der Waals surface area contributed by atoms with Gasteiger partial charge in [-0.3, -0.25) is 0 Å². The van der Waals surface area contributed by atoms with Crippen LogP contribution in [0.25, 0.3) is 27.8 Å². The van der Waals surface area contributed by atoms with Crippen LogP contribution < -0.4 is 26.2 Å². The Labute approximate surface area is 363 Å². The van der Waals surface area contributed by atoms with E-state index in [-0.39, 0.29) is 33.9 Å². The van der Waals surface area contributed by atoms with Gasteiger partial charge in [0.1, 0.15) is 0 Å². The third-order valence-electron chi connectivity index (χ3n) is 16.3. The summed E-state index contributed by atoms with van der Waals surface area (Å²) < 4.78 is 2.75. The molecule has 1 saturated carbocycles. The average Bonchev–Trinajstić information content (AvgIpc) is 3.78.